The van der Waals surface area contributed by atoms with Crippen LogP contribution in [0.1, 0.15) is 58.8 Å². The minimum absolute atomic E-state index is 0.0551. The first-order chi connectivity index (χ1) is 6.77. The van der Waals surface area contributed by atoms with Gasteiger partial charge in [0.2, 0.25) is 0 Å². The Morgan fingerprint density at radius 1 is 1.21 bits per heavy atom. The molecule has 2 unspecified atom stereocenters. The van der Waals surface area contributed by atoms with E-state index in [0.717, 1.165) is 25.7 Å². The summed E-state index contributed by atoms with van der Waals surface area (Å²) in [5.74, 6) is 0.261. The number of cyclic esters (lactones) is 1. The van der Waals surface area contributed by atoms with Gasteiger partial charge < -0.3 is 4.74 Å². The van der Waals surface area contributed by atoms with E-state index in [2.05, 4.69) is 13.8 Å². The van der Waals surface area contributed by atoms with Gasteiger partial charge in [-0.2, -0.15) is 0 Å². The summed E-state index contributed by atoms with van der Waals surface area (Å²) in [6.45, 7) is 4.33. The van der Waals surface area contributed by atoms with E-state index in [1.807, 2.05) is 0 Å². The summed E-state index contributed by atoms with van der Waals surface area (Å²) >= 11 is 0. The third-order valence-corrected chi connectivity index (χ3v) is 2.95. The van der Waals surface area contributed by atoms with E-state index in [4.69, 9.17) is 4.74 Å². The standard InChI is InChI=1S/C12H22O2/c1-3-5-7-10-9-11(8-6-4-2)14-12(10)13/h10-11H,3-9H2,1-2H3. The molecular formula is C12H22O2. The van der Waals surface area contributed by atoms with Gasteiger partial charge >= 0.3 is 5.97 Å². The van der Waals surface area contributed by atoms with Gasteiger partial charge in [-0.15, -0.1) is 0 Å². The van der Waals surface area contributed by atoms with Crippen LogP contribution in [-0.2, 0) is 9.53 Å². The number of ether oxygens (including phenoxy) is 1. The number of hydrogen-bond acceptors (Lipinski definition) is 2. The van der Waals surface area contributed by atoms with Gasteiger partial charge in [-0.05, 0) is 19.3 Å². The Labute approximate surface area is 87.0 Å². The largest absolute Gasteiger partial charge is 0.462 e. The van der Waals surface area contributed by atoms with Gasteiger partial charge in [0.1, 0.15) is 6.10 Å². The molecule has 14 heavy (non-hydrogen) atoms. The second-order valence-corrected chi connectivity index (χ2v) is 4.28. The maximum Gasteiger partial charge on any atom is 0.309 e. The third-order valence-electron chi connectivity index (χ3n) is 2.95. The number of carbonyl (C=O) groups is 1. The molecule has 82 valence electrons. The van der Waals surface area contributed by atoms with Gasteiger partial charge in [-0.25, -0.2) is 0 Å². The fourth-order valence-corrected chi connectivity index (χ4v) is 2.02. The van der Waals surface area contributed by atoms with Crippen molar-refractivity contribution in [1.82, 2.24) is 0 Å². The lowest BCUT2D eigenvalue weighted by Gasteiger charge is -2.06. The lowest BCUT2D eigenvalue weighted by molar-refractivity contribution is -0.144. The van der Waals surface area contributed by atoms with Crippen LogP contribution in [0.25, 0.3) is 0 Å². The van der Waals surface area contributed by atoms with Gasteiger partial charge in [-0.3, -0.25) is 4.79 Å². The molecule has 0 aliphatic carbocycles. The molecule has 2 heteroatoms. The number of hydrogen-bond donors (Lipinski definition) is 0. The van der Waals surface area contributed by atoms with E-state index < -0.39 is 0 Å². The maximum absolute atomic E-state index is 11.4. The molecule has 0 N–H and O–H groups in total. The summed E-state index contributed by atoms with van der Waals surface area (Å²) in [5, 5.41) is 0. The Morgan fingerprint density at radius 2 is 1.86 bits per heavy atom. The van der Waals surface area contributed by atoms with Crippen molar-refractivity contribution in [2.24, 2.45) is 5.92 Å². The molecule has 0 saturated carbocycles. The van der Waals surface area contributed by atoms with Crippen molar-refractivity contribution in [3.05, 3.63) is 0 Å². The van der Waals surface area contributed by atoms with Crippen LogP contribution >= 0.6 is 0 Å². The second-order valence-electron chi connectivity index (χ2n) is 4.28. The third kappa shape index (κ3) is 3.32. The zero-order valence-corrected chi connectivity index (χ0v) is 9.42. The van der Waals surface area contributed by atoms with Gasteiger partial charge in [0.15, 0.2) is 0 Å². The maximum atomic E-state index is 11.4. The molecule has 0 aromatic heterocycles. The molecule has 0 spiro atoms. The predicted octanol–water partition coefficient (Wildman–Crippen LogP) is 3.30. The van der Waals surface area contributed by atoms with Crippen LogP contribution < -0.4 is 0 Å². The van der Waals surface area contributed by atoms with Crippen LogP contribution in [0, 0.1) is 5.92 Å². The fourth-order valence-electron chi connectivity index (χ4n) is 2.02. The summed E-state index contributed by atoms with van der Waals surface area (Å²) in [6, 6.07) is 0. The lowest BCUT2D eigenvalue weighted by atomic mass is 9.97. The van der Waals surface area contributed by atoms with Crippen molar-refractivity contribution < 1.29 is 9.53 Å². The zero-order chi connectivity index (χ0) is 10.4. The van der Waals surface area contributed by atoms with Crippen LogP contribution in [0.3, 0.4) is 0 Å². The van der Waals surface area contributed by atoms with Crippen molar-refractivity contribution >= 4 is 5.97 Å². The molecule has 1 rings (SSSR count). The van der Waals surface area contributed by atoms with Crippen molar-refractivity contribution in [2.75, 3.05) is 0 Å². The van der Waals surface area contributed by atoms with Gasteiger partial charge in [0.25, 0.3) is 0 Å². The van der Waals surface area contributed by atoms with E-state index in [9.17, 15) is 4.79 Å². The molecule has 1 heterocycles. The highest BCUT2D eigenvalue weighted by Crippen LogP contribution is 2.28. The number of carbonyl (C=O) groups excluding carboxylic acids is 1. The summed E-state index contributed by atoms with van der Waals surface area (Å²) in [7, 11) is 0. The Morgan fingerprint density at radius 3 is 2.50 bits per heavy atom. The normalized spacial score (nSPS) is 26.6. The molecular weight excluding hydrogens is 176 g/mol. The van der Waals surface area contributed by atoms with Crippen molar-refractivity contribution in [3.63, 3.8) is 0 Å². The molecule has 0 aromatic rings. The Kier molecular flexibility index (Phi) is 4.99. The first kappa shape index (κ1) is 11.5. The van der Waals surface area contributed by atoms with Gasteiger partial charge in [-0.1, -0.05) is 39.5 Å². The Balaban J connectivity index is 2.24. The van der Waals surface area contributed by atoms with Crippen molar-refractivity contribution in [3.8, 4) is 0 Å². The van der Waals surface area contributed by atoms with E-state index in [-0.39, 0.29) is 18.0 Å². The first-order valence-electron chi connectivity index (χ1n) is 5.98. The molecule has 0 amide bonds. The molecule has 1 fully saturated rings. The van der Waals surface area contributed by atoms with E-state index >= 15 is 0 Å². The molecule has 2 atom stereocenters. The molecule has 0 aromatic carbocycles. The van der Waals surface area contributed by atoms with Crippen LogP contribution in [0.5, 0.6) is 0 Å². The molecule has 2 nitrogen and oxygen atoms in total. The minimum Gasteiger partial charge on any atom is -0.462 e. The molecule has 1 aliphatic heterocycles. The summed E-state index contributed by atoms with van der Waals surface area (Å²) < 4.78 is 5.33. The fraction of sp³-hybridized carbons (Fsp3) is 0.917. The van der Waals surface area contributed by atoms with Crippen molar-refractivity contribution in [1.29, 1.82) is 0 Å². The van der Waals surface area contributed by atoms with Gasteiger partial charge in [0, 0.05) is 0 Å². The van der Waals surface area contributed by atoms with Crippen LogP contribution in [-0.4, -0.2) is 12.1 Å². The molecule has 0 bridgehead atoms. The average Bonchev–Trinajstić information content (AvgIpc) is 2.53. The summed E-state index contributed by atoms with van der Waals surface area (Å²) in [5.41, 5.74) is 0. The smallest absolute Gasteiger partial charge is 0.309 e. The highest BCUT2D eigenvalue weighted by Gasteiger charge is 2.32. The number of esters is 1. The van der Waals surface area contributed by atoms with Crippen LogP contribution in [0.15, 0.2) is 0 Å². The topological polar surface area (TPSA) is 26.3 Å². The van der Waals surface area contributed by atoms with Crippen molar-refractivity contribution in [2.45, 2.75) is 64.9 Å². The first-order valence-corrected chi connectivity index (χ1v) is 5.98. The average molecular weight is 198 g/mol. The molecule has 1 saturated heterocycles. The summed E-state index contributed by atoms with van der Waals surface area (Å²) in [4.78, 5) is 11.4. The number of rotatable bonds is 6. The zero-order valence-electron chi connectivity index (χ0n) is 9.42. The van der Waals surface area contributed by atoms with E-state index in [0.29, 0.717) is 0 Å². The highest BCUT2D eigenvalue weighted by molar-refractivity contribution is 5.74. The quantitative estimate of drug-likeness (QED) is 0.612. The van der Waals surface area contributed by atoms with Gasteiger partial charge in [0.05, 0.1) is 5.92 Å². The van der Waals surface area contributed by atoms with E-state index in [1.165, 1.54) is 19.3 Å². The molecule has 0 radical (unpaired) electrons. The Bertz CT molecular complexity index is 177. The SMILES string of the molecule is CCCCC1CC(CCCC)C(=O)O1. The number of unbranched alkanes of at least 4 members (excludes halogenated alkanes) is 2. The Hall–Kier alpha value is -0.530. The predicted molar refractivity (Wildman–Crippen MR) is 57.0 cm³/mol. The van der Waals surface area contributed by atoms with Crippen LogP contribution in [0.2, 0.25) is 0 Å². The second kappa shape index (κ2) is 6.05. The van der Waals surface area contributed by atoms with E-state index in [1.54, 1.807) is 0 Å². The van der Waals surface area contributed by atoms with Crippen LogP contribution in [0.4, 0.5) is 0 Å². The lowest BCUT2D eigenvalue weighted by Crippen LogP contribution is -2.07. The molecule has 1 aliphatic rings. The monoisotopic (exact) mass is 198 g/mol. The highest BCUT2D eigenvalue weighted by atomic mass is 16.5. The summed E-state index contributed by atoms with van der Waals surface area (Å²) in [6.07, 6.45) is 7.97. The minimum atomic E-state index is 0.0551.